The Bertz CT molecular complexity index is 1120. The first kappa shape index (κ1) is 17.0. The zero-order chi connectivity index (χ0) is 18.2. The number of aromatic amines is 1. The number of rotatable bonds is 4. The molecule has 0 aliphatic heterocycles. The van der Waals surface area contributed by atoms with E-state index in [0.717, 1.165) is 0 Å². The Balaban J connectivity index is 2.39. The molecule has 0 atom stereocenters. The Morgan fingerprint density at radius 1 is 1.36 bits per heavy atom. The lowest BCUT2D eigenvalue weighted by molar-refractivity contribution is 0.319. The van der Waals surface area contributed by atoms with Crippen LogP contribution in [0.2, 0.25) is 0 Å². The normalized spacial score (nSPS) is 11.6. The Morgan fingerprint density at radius 3 is 2.76 bits per heavy atom. The summed E-state index contributed by atoms with van der Waals surface area (Å²) in [5.74, 6) is -0.958. The summed E-state index contributed by atoms with van der Waals surface area (Å²) in [6, 6.07) is 6.00. The van der Waals surface area contributed by atoms with Gasteiger partial charge in [0.15, 0.2) is 0 Å². The van der Waals surface area contributed by atoms with Crippen LogP contribution in [0.5, 0.6) is 0 Å². The van der Waals surface area contributed by atoms with E-state index in [9.17, 15) is 18.1 Å². The lowest BCUT2D eigenvalue weighted by Crippen LogP contribution is -2.14. The summed E-state index contributed by atoms with van der Waals surface area (Å²) < 4.78 is 37.9. The number of H-pyrrole nitrogens is 1. The van der Waals surface area contributed by atoms with Crippen LogP contribution in [0.25, 0.3) is 22.3 Å². The highest BCUT2D eigenvalue weighted by Gasteiger charge is 2.23. The molecule has 3 aromatic rings. The van der Waals surface area contributed by atoms with E-state index in [-0.39, 0.29) is 16.9 Å². The lowest BCUT2D eigenvalue weighted by atomic mass is 10.0. The molecule has 0 bridgehead atoms. The maximum Gasteiger partial charge on any atom is 0.249 e. The number of aliphatic hydroxyl groups is 1. The third-order valence-corrected chi connectivity index (χ3v) is 5.17. The minimum atomic E-state index is -3.90. The average molecular weight is 360 g/mol. The van der Waals surface area contributed by atoms with Gasteiger partial charge < -0.3 is 10.1 Å². The van der Waals surface area contributed by atoms with Gasteiger partial charge in [-0.3, -0.25) is 0 Å². The number of aromatic nitrogens is 3. The van der Waals surface area contributed by atoms with E-state index >= 15 is 0 Å². The van der Waals surface area contributed by atoms with Crippen molar-refractivity contribution in [2.24, 2.45) is 0 Å². The monoisotopic (exact) mass is 360 g/mol. The lowest BCUT2D eigenvalue weighted by Gasteiger charge is -2.09. The fourth-order valence-electron chi connectivity index (χ4n) is 2.54. The summed E-state index contributed by atoms with van der Waals surface area (Å²) in [5, 5.41) is 18.1. The van der Waals surface area contributed by atoms with Crippen molar-refractivity contribution in [3.63, 3.8) is 0 Å². The number of nitrogens with one attached hydrogen (secondary N) is 1. The largest absolute Gasteiger partial charge is 0.395 e. The molecule has 3 rings (SSSR count). The molecule has 0 saturated heterocycles. The summed E-state index contributed by atoms with van der Waals surface area (Å²) in [6.45, 7) is 1.09. The molecule has 0 spiro atoms. The predicted octanol–water partition coefficient (Wildman–Crippen LogP) is 1.71. The second-order valence-corrected chi connectivity index (χ2v) is 7.40. The van der Waals surface area contributed by atoms with Crippen LogP contribution < -0.4 is 0 Å². The molecule has 0 amide bonds. The van der Waals surface area contributed by atoms with E-state index in [2.05, 4.69) is 15.0 Å². The molecule has 0 radical (unpaired) electrons. The molecule has 0 fully saturated rings. The maximum absolute atomic E-state index is 13.4. The van der Waals surface area contributed by atoms with Crippen LogP contribution in [0.3, 0.4) is 0 Å². The van der Waals surface area contributed by atoms with Crippen molar-refractivity contribution in [2.75, 3.05) is 12.4 Å². The molecule has 9 heteroatoms. The van der Waals surface area contributed by atoms with Crippen molar-refractivity contribution in [2.45, 2.75) is 12.1 Å². The van der Waals surface area contributed by atoms with Crippen LogP contribution in [-0.4, -0.2) is 40.8 Å². The van der Waals surface area contributed by atoms with Gasteiger partial charge in [0.2, 0.25) is 15.0 Å². The zero-order valence-corrected chi connectivity index (χ0v) is 13.9. The third kappa shape index (κ3) is 2.97. The fourth-order valence-corrected chi connectivity index (χ4v) is 3.42. The number of nitrogens with zero attached hydrogens (tertiary/aromatic N) is 3. The number of benzene rings is 1. The molecular formula is C16H13FN4O3S. The molecule has 0 saturated carbocycles. The minimum absolute atomic E-state index is 0.182. The Morgan fingerprint density at radius 2 is 2.12 bits per heavy atom. The van der Waals surface area contributed by atoms with Crippen LogP contribution in [0.1, 0.15) is 11.1 Å². The van der Waals surface area contributed by atoms with E-state index in [4.69, 9.17) is 5.11 Å². The molecule has 0 unspecified atom stereocenters. The second kappa shape index (κ2) is 6.23. The van der Waals surface area contributed by atoms with Gasteiger partial charge in [0.05, 0.1) is 29.0 Å². The van der Waals surface area contributed by atoms with Gasteiger partial charge in [-0.25, -0.2) is 22.8 Å². The van der Waals surface area contributed by atoms with Crippen LogP contribution in [0, 0.1) is 24.1 Å². The van der Waals surface area contributed by atoms with Gasteiger partial charge in [0.1, 0.15) is 17.5 Å². The molecule has 2 heterocycles. The van der Waals surface area contributed by atoms with Gasteiger partial charge in [-0.05, 0) is 30.7 Å². The average Bonchev–Trinajstić information content (AvgIpc) is 2.97. The van der Waals surface area contributed by atoms with E-state index in [1.54, 1.807) is 6.92 Å². The second-order valence-electron chi connectivity index (χ2n) is 5.39. The van der Waals surface area contributed by atoms with Gasteiger partial charge in [-0.2, -0.15) is 5.26 Å². The molecular weight excluding hydrogens is 347 g/mol. The molecule has 7 nitrogen and oxygen atoms in total. The van der Waals surface area contributed by atoms with Gasteiger partial charge >= 0.3 is 0 Å². The van der Waals surface area contributed by atoms with E-state index < -0.39 is 33.2 Å². The Labute approximate surface area is 142 Å². The van der Waals surface area contributed by atoms with Crippen LogP contribution in [-0.2, 0) is 9.84 Å². The highest BCUT2D eigenvalue weighted by atomic mass is 32.2. The SMILES string of the molecule is Cc1cc(F)ccc1-c1nc(S(=O)(=O)CCO)nc2[nH]cc(C#N)c12. The van der Waals surface area contributed by atoms with Crippen molar-refractivity contribution >= 4 is 20.9 Å². The molecule has 128 valence electrons. The number of halogens is 1. The summed E-state index contributed by atoms with van der Waals surface area (Å²) >= 11 is 0. The molecule has 0 aliphatic rings. The van der Waals surface area contributed by atoms with Crippen molar-refractivity contribution in [1.29, 1.82) is 5.26 Å². The highest BCUT2D eigenvalue weighted by molar-refractivity contribution is 7.91. The van der Waals surface area contributed by atoms with E-state index in [1.807, 2.05) is 6.07 Å². The third-order valence-electron chi connectivity index (χ3n) is 3.71. The molecule has 2 N–H and O–H groups in total. The van der Waals surface area contributed by atoms with Gasteiger partial charge in [0.25, 0.3) is 0 Å². The van der Waals surface area contributed by atoms with Gasteiger partial charge in [-0.1, -0.05) is 0 Å². The molecule has 0 aliphatic carbocycles. The number of nitriles is 1. The summed E-state index contributed by atoms with van der Waals surface area (Å²) in [6.07, 6.45) is 1.41. The summed E-state index contributed by atoms with van der Waals surface area (Å²) in [5.41, 5.74) is 1.68. The van der Waals surface area contributed by atoms with E-state index in [1.165, 1.54) is 24.4 Å². The smallest absolute Gasteiger partial charge is 0.249 e. The number of aryl methyl sites for hydroxylation is 1. The Kier molecular flexibility index (Phi) is 4.24. The number of aliphatic hydroxyl groups excluding tert-OH is 1. The van der Waals surface area contributed by atoms with Gasteiger partial charge in [-0.15, -0.1) is 0 Å². The standard InChI is InChI=1S/C16H13FN4O3S/c1-9-6-11(17)2-3-12(9)14-13-10(7-18)8-19-15(13)21-16(20-14)25(23,24)5-4-22/h2-3,6,8,22H,4-5H2,1H3,(H,19,20,21). The van der Waals surface area contributed by atoms with Crippen molar-refractivity contribution in [3.05, 3.63) is 41.3 Å². The quantitative estimate of drug-likeness (QED) is 0.684. The van der Waals surface area contributed by atoms with Gasteiger partial charge in [0, 0.05) is 11.8 Å². The molecule has 1 aromatic carbocycles. The maximum atomic E-state index is 13.4. The first-order valence-electron chi connectivity index (χ1n) is 7.26. The fraction of sp³-hybridized carbons (Fsp3) is 0.188. The van der Waals surface area contributed by atoms with Crippen molar-refractivity contribution < 1.29 is 17.9 Å². The van der Waals surface area contributed by atoms with Crippen LogP contribution in [0.15, 0.2) is 29.6 Å². The summed E-state index contributed by atoms with van der Waals surface area (Å²) in [7, 11) is -3.90. The first-order valence-corrected chi connectivity index (χ1v) is 8.92. The number of hydrogen-bond acceptors (Lipinski definition) is 6. The molecule has 2 aromatic heterocycles. The van der Waals surface area contributed by atoms with Crippen molar-refractivity contribution in [1.82, 2.24) is 15.0 Å². The van der Waals surface area contributed by atoms with E-state index in [0.29, 0.717) is 16.5 Å². The van der Waals surface area contributed by atoms with Crippen LogP contribution >= 0.6 is 0 Å². The number of fused-ring (bicyclic) bond motifs is 1. The topological polar surface area (TPSA) is 120 Å². The number of hydrogen-bond donors (Lipinski definition) is 2. The zero-order valence-electron chi connectivity index (χ0n) is 13.1. The molecule has 25 heavy (non-hydrogen) atoms. The highest BCUT2D eigenvalue weighted by Crippen LogP contribution is 2.31. The minimum Gasteiger partial charge on any atom is -0.395 e. The summed E-state index contributed by atoms with van der Waals surface area (Å²) in [4.78, 5) is 10.9. The van der Waals surface area contributed by atoms with Crippen molar-refractivity contribution in [3.8, 4) is 17.3 Å². The number of sulfone groups is 1. The predicted molar refractivity (Wildman–Crippen MR) is 87.9 cm³/mol. The first-order chi connectivity index (χ1) is 11.9. The Hall–Kier alpha value is -2.83. The van der Waals surface area contributed by atoms with Crippen LogP contribution in [0.4, 0.5) is 4.39 Å².